The highest BCUT2D eigenvalue weighted by Gasteiger charge is 2.25. The summed E-state index contributed by atoms with van der Waals surface area (Å²) >= 11 is 0. The van der Waals surface area contributed by atoms with Crippen LogP contribution in [0.25, 0.3) is 32.7 Å². The fourth-order valence-electron chi connectivity index (χ4n) is 4.88. The molecule has 0 aliphatic heterocycles. The largest absolute Gasteiger partial charge is 0.496 e. The lowest BCUT2D eigenvalue weighted by molar-refractivity contribution is -0.120. The topological polar surface area (TPSA) is 38.3 Å². The van der Waals surface area contributed by atoms with Gasteiger partial charge in [0.1, 0.15) is 5.75 Å². The van der Waals surface area contributed by atoms with Crippen molar-refractivity contribution < 1.29 is 9.53 Å². The number of fused-ring (bicyclic) bond motifs is 2. The predicted octanol–water partition coefficient (Wildman–Crippen LogP) is 7.85. The summed E-state index contributed by atoms with van der Waals surface area (Å²) in [7, 11) is 1.69. The van der Waals surface area contributed by atoms with Gasteiger partial charge in [-0.25, -0.2) is 0 Å². The van der Waals surface area contributed by atoms with Crippen LogP contribution in [0.4, 0.5) is 5.69 Å². The number of amides is 1. The van der Waals surface area contributed by atoms with E-state index in [2.05, 4.69) is 55.2 Å². The van der Waals surface area contributed by atoms with E-state index in [1.165, 1.54) is 0 Å². The van der Waals surface area contributed by atoms with Crippen LogP contribution in [0.3, 0.4) is 0 Å². The number of anilines is 1. The van der Waals surface area contributed by atoms with E-state index in [1.54, 1.807) is 7.11 Å². The number of carbonyl (C=O) groups is 1. The molecule has 0 aromatic heterocycles. The van der Waals surface area contributed by atoms with Crippen molar-refractivity contribution in [2.75, 3.05) is 12.4 Å². The molecular formula is C30H31NO2. The van der Waals surface area contributed by atoms with E-state index in [1.807, 2.05) is 50.2 Å². The maximum atomic E-state index is 13.4. The Labute approximate surface area is 196 Å². The summed E-state index contributed by atoms with van der Waals surface area (Å²) in [5.41, 5.74) is 3.79. The van der Waals surface area contributed by atoms with Crippen molar-refractivity contribution in [2.45, 2.75) is 27.2 Å². The van der Waals surface area contributed by atoms with Gasteiger partial charge in [0.25, 0.3) is 0 Å². The van der Waals surface area contributed by atoms with Crippen LogP contribution in [0.2, 0.25) is 0 Å². The van der Waals surface area contributed by atoms with Crippen LogP contribution in [0.1, 0.15) is 27.2 Å². The summed E-state index contributed by atoms with van der Waals surface area (Å²) in [5.74, 6) is 0.741. The van der Waals surface area contributed by atoms with Crippen LogP contribution in [0, 0.1) is 11.8 Å². The Morgan fingerprint density at radius 1 is 0.909 bits per heavy atom. The van der Waals surface area contributed by atoms with Crippen molar-refractivity contribution in [3.8, 4) is 16.9 Å². The fourth-order valence-corrected chi connectivity index (χ4v) is 4.88. The quantitative estimate of drug-likeness (QED) is 0.299. The van der Waals surface area contributed by atoms with Gasteiger partial charge in [-0.2, -0.15) is 0 Å². The fraction of sp³-hybridized carbons (Fsp3) is 0.233. The molecule has 3 heteroatoms. The number of carbonyl (C=O) groups excluding carboxylic acids is 1. The first-order valence-corrected chi connectivity index (χ1v) is 11.5. The molecule has 1 amide bonds. The van der Waals surface area contributed by atoms with Crippen molar-refractivity contribution in [3.05, 3.63) is 84.9 Å². The first-order chi connectivity index (χ1) is 16.0. The van der Waals surface area contributed by atoms with Crippen molar-refractivity contribution in [2.24, 2.45) is 11.8 Å². The van der Waals surface area contributed by atoms with Crippen LogP contribution in [-0.4, -0.2) is 13.0 Å². The van der Waals surface area contributed by atoms with Gasteiger partial charge in [-0.05, 0) is 52.9 Å². The molecular weight excluding hydrogens is 406 g/mol. The molecule has 4 rings (SSSR count). The summed E-state index contributed by atoms with van der Waals surface area (Å²) < 4.78 is 5.83. The Hall–Kier alpha value is -3.59. The molecule has 0 spiro atoms. The van der Waals surface area contributed by atoms with Gasteiger partial charge in [-0.3, -0.25) is 4.79 Å². The summed E-state index contributed by atoms with van der Waals surface area (Å²) in [6.45, 7) is 10.2. The van der Waals surface area contributed by atoms with Crippen LogP contribution in [-0.2, 0) is 4.79 Å². The maximum absolute atomic E-state index is 13.4. The molecule has 0 fully saturated rings. The van der Waals surface area contributed by atoms with Gasteiger partial charge in [0.2, 0.25) is 5.91 Å². The van der Waals surface area contributed by atoms with Crippen molar-refractivity contribution in [1.29, 1.82) is 0 Å². The summed E-state index contributed by atoms with van der Waals surface area (Å²) in [5, 5.41) is 7.65. The lowest BCUT2D eigenvalue weighted by Gasteiger charge is -2.24. The second-order valence-electron chi connectivity index (χ2n) is 8.71. The third-order valence-corrected chi connectivity index (χ3v) is 6.64. The molecule has 0 unspecified atom stereocenters. The number of hydrogen-bond acceptors (Lipinski definition) is 2. The Balaban J connectivity index is 1.95. The predicted molar refractivity (Wildman–Crippen MR) is 140 cm³/mol. The van der Waals surface area contributed by atoms with E-state index in [0.29, 0.717) is 0 Å². The summed E-state index contributed by atoms with van der Waals surface area (Å²) in [4.78, 5) is 13.4. The van der Waals surface area contributed by atoms with Crippen LogP contribution >= 0.6 is 0 Å². The zero-order valence-electron chi connectivity index (χ0n) is 19.8. The number of hydrogen-bond donors (Lipinski definition) is 1. The standard InChI is InChI=1S/C30H31NO2/c1-6-23(19(2)3)20(4)30(32)31-26-17-15-21-11-7-9-13-24(21)28(26)29-25-14-10-8-12-22(25)16-18-27(29)33-5/h7-18,20,23H,2,6H2,1,3-5H3,(H,31,32)/t20-,23+/m0/s1. The molecule has 3 nitrogen and oxygen atoms in total. The molecule has 0 radical (unpaired) electrons. The molecule has 0 saturated heterocycles. The third-order valence-electron chi connectivity index (χ3n) is 6.64. The molecule has 2 atom stereocenters. The minimum absolute atomic E-state index is 0.000541. The number of rotatable bonds is 7. The van der Waals surface area contributed by atoms with Gasteiger partial charge >= 0.3 is 0 Å². The van der Waals surface area contributed by atoms with E-state index >= 15 is 0 Å². The van der Waals surface area contributed by atoms with Gasteiger partial charge in [0.15, 0.2) is 0 Å². The van der Waals surface area contributed by atoms with E-state index < -0.39 is 0 Å². The Morgan fingerprint density at radius 3 is 2.06 bits per heavy atom. The first kappa shape index (κ1) is 22.6. The summed E-state index contributed by atoms with van der Waals surface area (Å²) in [6.07, 6.45) is 0.881. The Morgan fingerprint density at radius 2 is 1.48 bits per heavy atom. The van der Waals surface area contributed by atoms with E-state index in [0.717, 1.165) is 56.1 Å². The van der Waals surface area contributed by atoms with E-state index in [-0.39, 0.29) is 17.7 Å². The average molecular weight is 438 g/mol. The van der Waals surface area contributed by atoms with Crippen molar-refractivity contribution in [1.82, 2.24) is 0 Å². The number of benzene rings is 4. The monoisotopic (exact) mass is 437 g/mol. The average Bonchev–Trinajstić information content (AvgIpc) is 2.83. The van der Waals surface area contributed by atoms with Gasteiger partial charge < -0.3 is 10.1 Å². The smallest absolute Gasteiger partial charge is 0.227 e. The van der Waals surface area contributed by atoms with Crippen molar-refractivity contribution >= 4 is 33.1 Å². The molecule has 4 aromatic rings. The zero-order chi connectivity index (χ0) is 23.5. The molecule has 33 heavy (non-hydrogen) atoms. The minimum atomic E-state index is -0.179. The lowest BCUT2D eigenvalue weighted by atomic mass is 9.85. The highest BCUT2D eigenvalue weighted by Crippen LogP contribution is 2.44. The zero-order valence-corrected chi connectivity index (χ0v) is 19.8. The van der Waals surface area contributed by atoms with Crippen LogP contribution < -0.4 is 10.1 Å². The third kappa shape index (κ3) is 4.23. The molecule has 1 N–H and O–H groups in total. The van der Waals surface area contributed by atoms with Gasteiger partial charge in [-0.15, -0.1) is 0 Å². The van der Waals surface area contributed by atoms with E-state index in [9.17, 15) is 4.79 Å². The lowest BCUT2D eigenvalue weighted by Crippen LogP contribution is -2.27. The molecule has 0 heterocycles. The number of ether oxygens (including phenoxy) is 1. The maximum Gasteiger partial charge on any atom is 0.227 e. The Bertz CT molecular complexity index is 1340. The Kier molecular flexibility index (Phi) is 6.50. The second-order valence-corrected chi connectivity index (χ2v) is 8.71. The molecule has 4 aromatic carbocycles. The number of methoxy groups -OCH3 is 1. The number of nitrogens with one attached hydrogen (secondary N) is 1. The van der Waals surface area contributed by atoms with Crippen molar-refractivity contribution in [3.63, 3.8) is 0 Å². The van der Waals surface area contributed by atoms with Gasteiger partial charge in [0, 0.05) is 22.7 Å². The van der Waals surface area contributed by atoms with E-state index in [4.69, 9.17) is 4.74 Å². The van der Waals surface area contributed by atoms with Crippen LogP contribution in [0.15, 0.2) is 84.9 Å². The molecule has 0 aliphatic carbocycles. The summed E-state index contributed by atoms with van der Waals surface area (Å²) in [6, 6.07) is 24.7. The molecule has 0 saturated carbocycles. The van der Waals surface area contributed by atoms with Gasteiger partial charge in [-0.1, -0.05) is 86.7 Å². The minimum Gasteiger partial charge on any atom is -0.496 e. The molecule has 0 bridgehead atoms. The first-order valence-electron chi connectivity index (χ1n) is 11.5. The van der Waals surface area contributed by atoms with Crippen LogP contribution in [0.5, 0.6) is 5.75 Å². The SMILES string of the molecule is C=C(C)[C@@H](CC)[C@H](C)C(=O)Nc1ccc2ccccc2c1-c1c(OC)ccc2ccccc12. The molecule has 0 aliphatic rings. The number of allylic oxidation sites excluding steroid dienone is 1. The highest BCUT2D eigenvalue weighted by molar-refractivity contribution is 6.13. The van der Waals surface area contributed by atoms with Gasteiger partial charge in [0.05, 0.1) is 7.11 Å². The second kappa shape index (κ2) is 9.50. The highest BCUT2D eigenvalue weighted by atomic mass is 16.5. The molecule has 168 valence electrons. The normalized spacial score (nSPS) is 13.0.